The molecule has 1 N–H and O–H groups in total. The molecular weight excluding hydrogens is 460 g/mol. The predicted molar refractivity (Wildman–Crippen MR) is 133 cm³/mol. The molecule has 1 aromatic rings. The van der Waals surface area contributed by atoms with Crippen LogP contribution in [-0.4, -0.2) is 50.4 Å². The summed E-state index contributed by atoms with van der Waals surface area (Å²) in [6.07, 6.45) is 4.35. The molecular formula is C23H28N4O4S2. The SMILES string of the molecule is CCCn1c(N2CCCC(C)C2)c(C=C2SC(=S)N(CCC(=O)O)C2=O)c(C)c(C#N)c1=O. The molecule has 0 spiro atoms. The first-order chi connectivity index (χ1) is 15.7. The normalized spacial score (nSPS) is 19.9. The van der Waals surface area contributed by atoms with Crippen LogP contribution in [0.1, 0.15) is 56.2 Å². The molecule has 1 aromatic heterocycles. The summed E-state index contributed by atoms with van der Waals surface area (Å²) in [5.74, 6) is -0.159. The summed E-state index contributed by atoms with van der Waals surface area (Å²) < 4.78 is 1.97. The number of rotatable bonds is 7. The molecule has 3 rings (SSSR count). The molecule has 0 radical (unpaired) electrons. The van der Waals surface area contributed by atoms with E-state index in [1.54, 1.807) is 17.6 Å². The minimum atomic E-state index is -1.00. The van der Waals surface area contributed by atoms with Gasteiger partial charge in [0.25, 0.3) is 11.5 Å². The summed E-state index contributed by atoms with van der Waals surface area (Å²) in [4.78, 5) is 41.0. The van der Waals surface area contributed by atoms with Crippen LogP contribution in [0.25, 0.3) is 6.08 Å². The second-order valence-electron chi connectivity index (χ2n) is 8.48. The van der Waals surface area contributed by atoms with E-state index in [9.17, 15) is 19.6 Å². The fourth-order valence-electron chi connectivity index (χ4n) is 4.33. The van der Waals surface area contributed by atoms with Gasteiger partial charge in [-0.1, -0.05) is 37.8 Å². The van der Waals surface area contributed by atoms with Crippen molar-refractivity contribution in [3.05, 3.63) is 31.9 Å². The number of aromatic nitrogens is 1. The number of thiocarbonyl (C=S) groups is 1. The molecule has 0 saturated carbocycles. The predicted octanol–water partition coefficient (Wildman–Crippen LogP) is 3.35. The lowest BCUT2D eigenvalue weighted by atomic mass is 9.98. The number of pyridine rings is 1. The van der Waals surface area contributed by atoms with Crippen LogP contribution in [0, 0.1) is 24.2 Å². The fourth-order valence-corrected chi connectivity index (χ4v) is 5.62. The molecule has 2 fully saturated rings. The maximum Gasteiger partial charge on any atom is 0.305 e. The number of hydrogen-bond acceptors (Lipinski definition) is 7. The van der Waals surface area contributed by atoms with Crippen molar-refractivity contribution in [3.63, 3.8) is 0 Å². The largest absolute Gasteiger partial charge is 0.481 e. The van der Waals surface area contributed by atoms with Crippen molar-refractivity contribution in [2.24, 2.45) is 5.92 Å². The lowest BCUT2D eigenvalue weighted by Crippen LogP contribution is -2.40. The zero-order chi connectivity index (χ0) is 24.3. The molecule has 2 aliphatic heterocycles. The second-order valence-corrected chi connectivity index (χ2v) is 10.2. The summed E-state index contributed by atoms with van der Waals surface area (Å²) in [6.45, 7) is 7.95. The van der Waals surface area contributed by atoms with E-state index in [2.05, 4.69) is 17.9 Å². The first-order valence-electron chi connectivity index (χ1n) is 11.1. The first-order valence-corrected chi connectivity index (χ1v) is 12.3. The third kappa shape index (κ3) is 5.14. The van der Waals surface area contributed by atoms with E-state index in [1.165, 1.54) is 4.90 Å². The molecule has 176 valence electrons. The molecule has 0 bridgehead atoms. The number of carbonyl (C=O) groups is 2. The molecule has 1 atom stereocenters. The van der Waals surface area contributed by atoms with E-state index >= 15 is 0 Å². The molecule has 1 unspecified atom stereocenters. The van der Waals surface area contributed by atoms with Gasteiger partial charge in [0.1, 0.15) is 21.8 Å². The lowest BCUT2D eigenvalue weighted by Gasteiger charge is -2.36. The number of hydrogen-bond donors (Lipinski definition) is 1. The van der Waals surface area contributed by atoms with Crippen LogP contribution in [-0.2, 0) is 16.1 Å². The highest BCUT2D eigenvalue weighted by molar-refractivity contribution is 8.26. The Hall–Kier alpha value is -2.64. The number of piperidine rings is 1. The van der Waals surface area contributed by atoms with Crippen molar-refractivity contribution in [3.8, 4) is 6.07 Å². The number of amides is 1. The number of nitriles is 1. The zero-order valence-corrected chi connectivity index (χ0v) is 20.7. The van der Waals surface area contributed by atoms with Crippen LogP contribution in [0.5, 0.6) is 0 Å². The number of carbonyl (C=O) groups excluding carboxylic acids is 1. The second kappa shape index (κ2) is 10.5. The topological polar surface area (TPSA) is 107 Å². The van der Waals surface area contributed by atoms with Crippen LogP contribution in [0.15, 0.2) is 9.70 Å². The first kappa shape index (κ1) is 25.0. The Morgan fingerprint density at radius 1 is 1.36 bits per heavy atom. The van der Waals surface area contributed by atoms with Crippen molar-refractivity contribution < 1.29 is 14.7 Å². The highest BCUT2D eigenvalue weighted by Gasteiger charge is 2.33. The number of nitrogens with zero attached hydrogens (tertiary/aromatic N) is 4. The van der Waals surface area contributed by atoms with Crippen molar-refractivity contribution in [2.75, 3.05) is 24.5 Å². The van der Waals surface area contributed by atoms with Gasteiger partial charge in [0.2, 0.25) is 0 Å². The fraction of sp³-hybridized carbons (Fsp3) is 0.522. The molecule has 1 amide bonds. The summed E-state index contributed by atoms with van der Waals surface area (Å²) in [5.41, 5.74) is 0.979. The van der Waals surface area contributed by atoms with E-state index < -0.39 is 5.97 Å². The van der Waals surface area contributed by atoms with E-state index in [4.69, 9.17) is 17.3 Å². The molecule has 0 aromatic carbocycles. The maximum atomic E-state index is 13.2. The third-order valence-corrected chi connectivity index (χ3v) is 7.33. The number of thioether (sulfide) groups is 1. The summed E-state index contributed by atoms with van der Waals surface area (Å²) >= 11 is 6.44. The van der Waals surface area contributed by atoms with Gasteiger partial charge in [-0.25, -0.2) is 0 Å². The van der Waals surface area contributed by atoms with Gasteiger partial charge in [0.15, 0.2) is 0 Å². The Morgan fingerprint density at radius 3 is 2.70 bits per heavy atom. The quantitative estimate of drug-likeness (QED) is 0.460. The molecule has 3 heterocycles. The highest BCUT2D eigenvalue weighted by Crippen LogP contribution is 2.36. The van der Waals surface area contributed by atoms with Gasteiger partial charge in [-0.3, -0.25) is 23.9 Å². The van der Waals surface area contributed by atoms with Gasteiger partial charge in [0, 0.05) is 31.7 Å². The van der Waals surface area contributed by atoms with Crippen LogP contribution in [0.2, 0.25) is 0 Å². The lowest BCUT2D eigenvalue weighted by molar-refractivity contribution is -0.137. The smallest absolute Gasteiger partial charge is 0.305 e. The highest BCUT2D eigenvalue weighted by atomic mass is 32.2. The molecule has 8 nitrogen and oxygen atoms in total. The minimum absolute atomic E-state index is 0.00555. The van der Waals surface area contributed by atoms with E-state index in [1.807, 2.05) is 6.92 Å². The number of aliphatic carboxylic acids is 1. The van der Waals surface area contributed by atoms with Crippen LogP contribution in [0.4, 0.5) is 5.82 Å². The Kier molecular flexibility index (Phi) is 7.97. The minimum Gasteiger partial charge on any atom is -0.481 e. The van der Waals surface area contributed by atoms with Crippen molar-refractivity contribution in [2.45, 2.75) is 53.0 Å². The number of anilines is 1. The monoisotopic (exact) mass is 488 g/mol. The number of carboxylic acid groups (broad SMARTS) is 1. The van der Waals surface area contributed by atoms with Crippen LogP contribution in [0.3, 0.4) is 0 Å². The van der Waals surface area contributed by atoms with E-state index in [-0.39, 0.29) is 30.0 Å². The summed E-state index contributed by atoms with van der Waals surface area (Å²) in [5, 5.41) is 18.7. The molecule has 2 aliphatic rings. The Balaban J connectivity index is 2.18. The maximum absolute atomic E-state index is 13.2. The van der Waals surface area contributed by atoms with Gasteiger partial charge >= 0.3 is 5.97 Å². The third-order valence-electron chi connectivity index (χ3n) is 5.95. The summed E-state index contributed by atoms with van der Waals surface area (Å²) in [6, 6.07) is 2.05. The van der Waals surface area contributed by atoms with E-state index in [0.717, 1.165) is 49.9 Å². The average Bonchev–Trinajstić information content (AvgIpc) is 3.03. The van der Waals surface area contributed by atoms with Gasteiger partial charge in [-0.15, -0.1) is 0 Å². The van der Waals surface area contributed by atoms with Gasteiger partial charge in [-0.05, 0) is 43.7 Å². The van der Waals surface area contributed by atoms with Gasteiger partial charge in [-0.2, -0.15) is 5.26 Å². The Bertz CT molecular complexity index is 1120. The Morgan fingerprint density at radius 2 is 2.09 bits per heavy atom. The molecule has 2 saturated heterocycles. The average molecular weight is 489 g/mol. The molecule has 0 aliphatic carbocycles. The van der Waals surface area contributed by atoms with Crippen molar-refractivity contribution >= 4 is 52.1 Å². The van der Waals surface area contributed by atoms with Crippen LogP contribution < -0.4 is 10.5 Å². The van der Waals surface area contributed by atoms with Crippen molar-refractivity contribution in [1.82, 2.24) is 9.47 Å². The van der Waals surface area contributed by atoms with Crippen molar-refractivity contribution in [1.29, 1.82) is 5.26 Å². The Labute approximate surface area is 202 Å². The molecule has 10 heteroatoms. The summed E-state index contributed by atoms with van der Waals surface area (Å²) in [7, 11) is 0. The van der Waals surface area contributed by atoms with Crippen LogP contribution >= 0.6 is 24.0 Å². The van der Waals surface area contributed by atoms with Gasteiger partial charge in [0.05, 0.1) is 11.3 Å². The van der Waals surface area contributed by atoms with Gasteiger partial charge < -0.3 is 10.0 Å². The molecule has 33 heavy (non-hydrogen) atoms. The number of carboxylic acids is 1. The van der Waals surface area contributed by atoms with E-state index in [0.29, 0.717) is 32.8 Å². The zero-order valence-electron chi connectivity index (χ0n) is 19.1. The standard InChI is InChI=1S/C23H28N4O4S2/c1-4-8-26-20(25-9-5-6-14(2)13-25)16(15(3)17(12-24)21(26)30)11-18-22(31)27(23(32)33-18)10-7-19(28)29/h11,14H,4-10,13H2,1-3H3,(H,28,29).